The first kappa shape index (κ1) is 18.2. The van der Waals surface area contributed by atoms with E-state index in [0.29, 0.717) is 4.90 Å². The van der Waals surface area contributed by atoms with E-state index in [-0.39, 0.29) is 18.8 Å². The predicted molar refractivity (Wildman–Crippen MR) is 99.9 cm³/mol. The first-order valence-corrected chi connectivity index (χ1v) is 9.47. The zero-order valence-corrected chi connectivity index (χ0v) is 14.8. The van der Waals surface area contributed by atoms with E-state index in [4.69, 9.17) is 5.11 Å². The van der Waals surface area contributed by atoms with Crippen LogP contribution in [0.3, 0.4) is 0 Å². The molecule has 0 heterocycles. The van der Waals surface area contributed by atoms with Crippen molar-refractivity contribution in [1.29, 1.82) is 0 Å². The minimum absolute atomic E-state index is 0.0308. The molecule has 0 fully saturated rings. The molecule has 0 aromatic heterocycles. The van der Waals surface area contributed by atoms with E-state index in [1.807, 2.05) is 43.3 Å². The fraction of sp³-hybridized carbons (Fsp3) is 0.263. The molecular weight excluding hydrogens is 322 g/mol. The lowest BCUT2D eigenvalue weighted by Crippen LogP contribution is -2.08. The molecular formula is C19H23NO3S. The summed E-state index contributed by atoms with van der Waals surface area (Å²) in [6.45, 7) is -0.118. The molecule has 0 atom stereocenters. The number of anilines is 1. The van der Waals surface area contributed by atoms with E-state index in [1.165, 1.54) is 0 Å². The topological polar surface area (TPSA) is 57.6 Å². The Balaban J connectivity index is 2.08. The van der Waals surface area contributed by atoms with Gasteiger partial charge in [-0.05, 0) is 41.8 Å². The zero-order valence-electron chi connectivity index (χ0n) is 14.0. The lowest BCUT2D eigenvalue weighted by atomic mass is 10.1. The number of sulfone groups is 1. The van der Waals surface area contributed by atoms with Crippen LogP contribution in [0.1, 0.15) is 17.5 Å². The Bertz CT molecular complexity index is 776. The van der Waals surface area contributed by atoms with Crippen molar-refractivity contribution in [2.24, 2.45) is 0 Å². The summed E-state index contributed by atoms with van der Waals surface area (Å²) in [6, 6.07) is 15.0. The van der Waals surface area contributed by atoms with Crippen molar-refractivity contribution >= 4 is 27.7 Å². The molecule has 0 saturated carbocycles. The van der Waals surface area contributed by atoms with Crippen LogP contribution in [0.5, 0.6) is 0 Å². The first-order valence-electron chi connectivity index (χ1n) is 7.81. The van der Waals surface area contributed by atoms with Gasteiger partial charge in [-0.2, -0.15) is 0 Å². The van der Waals surface area contributed by atoms with Crippen molar-refractivity contribution < 1.29 is 13.5 Å². The van der Waals surface area contributed by atoms with Crippen molar-refractivity contribution in [3.05, 3.63) is 59.7 Å². The summed E-state index contributed by atoms with van der Waals surface area (Å²) >= 11 is 0. The average Bonchev–Trinajstić information content (AvgIpc) is 2.59. The smallest absolute Gasteiger partial charge is 0.178 e. The van der Waals surface area contributed by atoms with Crippen LogP contribution in [0.2, 0.25) is 0 Å². The Hall–Kier alpha value is -2.11. The highest BCUT2D eigenvalue weighted by Crippen LogP contribution is 2.17. The first-order chi connectivity index (χ1) is 11.4. The van der Waals surface area contributed by atoms with Crippen molar-refractivity contribution in [1.82, 2.24) is 0 Å². The van der Waals surface area contributed by atoms with Crippen LogP contribution in [-0.4, -0.2) is 40.0 Å². The average molecular weight is 345 g/mol. The SMILES string of the molecule is CN(C)c1ccc(C=Cc2ccc(S(=O)(=O)CCCO)cc2)cc1. The van der Waals surface area contributed by atoms with Crippen molar-refractivity contribution in [2.75, 3.05) is 31.4 Å². The minimum atomic E-state index is -3.31. The van der Waals surface area contributed by atoms with Gasteiger partial charge in [-0.1, -0.05) is 36.4 Å². The van der Waals surface area contributed by atoms with Gasteiger partial charge in [0.15, 0.2) is 9.84 Å². The van der Waals surface area contributed by atoms with Crippen molar-refractivity contribution in [3.8, 4) is 0 Å². The molecule has 2 aromatic carbocycles. The Labute approximate surface area is 144 Å². The highest BCUT2D eigenvalue weighted by molar-refractivity contribution is 7.91. The van der Waals surface area contributed by atoms with Crippen LogP contribution in [0.25, 0.3) is 12.2 Å². The standard InChI is InChI=1S/C19H23NO3S/c1-20(2)18-10-6-16(7-11-18)4-5-17-8-12-19(13-9-17)24(22,23)15-3-14-21/h4-13,21H,3,14-15H2,1-2H3. The van der Waals surface area contributed by atoms with Crippen LogP contribution >= 0.6 is 0 Å². The molecule has 0 saturated heterocycles. The van der Waals surface area contributed by atoms with E-state index in [0.717, 1.165) is 16.8 Å². The van der Waals surface area contributed by atoms with Crippen LogP contribution in [-0.2, 0) is 9.84 Å². The van der Waals surface area contributed by atoms with Crippen LogP contribution < -0.4 is 4.90 Å². The van der Waals surface area contributed by atoms with E-state index < -0.39 is 9.84 Å². The van der Waals surface area contributed by atoms with Gasteiger partial charge in [-0.3, -0.25) is 0 Å². The Morgan fingerprint density at radius 1 is 0.917 bits per heavy atom. The summed E-state index contributed by atoms with van der Waals surface area (Å²) in [5.74, 6) is -0.0308. The van der Waals surface area contributed by atoms with Crippen LogP contribution in [0.15, 0.2) is 53.4 Å². The molecule has 0 unspecified atom stereocenters. The third-order valence-corrected chi connectivity index (χ3v) is 5.50. The molecule has 0 bridgehead atoms. The van der Waals surface area contributed by atoms with Gasteiger partial charge in [-0.15, -0.1) is 0 Å². The second-order valence-electron chi connectivity index (χ2n) is 5.78. The molecule has 0 aliphatic heterocycles. The van der Waals surface area contributed by atoms with E-state index >= 15 is 0 Å². The van der Waals surface area contributed by atoms with Gasteiger partial charge in [0.2, 0.25) is 0 Å². The summed E-state index contributed by atoms with van der Waals surface area (Å²) in [6.07, 6.45) is 4.20. The third kappa shape index (κ3) is 4.94. The molecule has 0 aliphatic rings. The summed E-state index contributed by atoms with van der Waals surface area (Å²) in [5, 5.41) is 8.77. The highest BCUT2D eigenvalue weighted by atomic mass is 32.2. The third-order valence-electron chi connectivity index (χ3n) is 3.69. The quantitative estimate of drug-likeness (QED) is 0.784. The van der Waals surface area contributed by atoms with E-state index in [9.17, 15) is 8.42 Å². The largest absolute Gasteiger partial charge is 0.396 e. The van der Waals surface area contributed by atoms with E-state index in [1.54, 1.807) is 24.3 Å². The molecule has 1 N–H and O–H groups in total. The lowest BCUT2D eigenvalue weighted by Gasteiger charge is -2.11. The monoisotopic (exact) mass is 345 g/mol. The second kappa shape index (κ2) is 8.13. The van der Waals surface area contributed by atoms with E-state index in [2.05, 4.69) is 12.1 Å². The Morgan fingerprint density at radius 3 is 1.88 bits per heavy atom. The zero-order chi connectivity index (χ0) is 17.6. The van der Waals surface area contributed by atoms with Gasteiger partial charge in [0.25, 0.3) is 0 Å². The molecule has 128 valence electrons. The Kier molecular flexibility index (Phi) is 6.17. The molecule has 5 heteroatoms. The number of rotatable bonds is 7. The van der Waals surface area contributed by atoms with Gasteiger partial charge < -0.3 is 10.0 Å². The molecule has 0 aliphatic carbocycles. The second-order valence-corrected chi connectivity index (χ2v) is 7.89. The van der Waals surface area contributed by atoms with Crippen LogP contribution in [0.4, 0.5) is 5.69 Å². The predicted octanol–water partition coefficient (Wildman–Crippen LogP) is 3.08. The minimum Gasteiger partial charge on any atom is -0.396 e. The Morgan fingerprint density at radius 2 is 1.42 bits per heavy atom. The summed E-state index contributed by atoms with van der Waals surface area (Å²) in [5.41, 5.74) is 3.16. The molecule has 2 rings (SSSR count). The number of hydrogen-bond donors (Lipinski definition) is 1. The van der Waals surface area contributed by atoms with Crippen molar-refractivity contribution in [3.63, 3.8) is 0 Å². The summed E-state index contributed by atoms with van der Waals surface area (Å²) < 4.78 is 24.1. The normalized spacial score (nSPS) is 11.8. The molecule has 0 spiro atoms. The lowest BCUT2D eigenvalue weighted by molar-refractivity contribution is 0.295. The molecule has 0 amide bonds. The maximum Gasteiger partial charge on any atom is 0.178 e. The number of benzene rings is 2. The number of aliphatic hydroxyl groups excluding tert-OH is 1. The summed E-state index contributed by atoms with van der Waals surface area (Å²) in [4.78, 5) is 2.34. The maximum absolute atomic E-state index is 12.0. The van der Waals surface area contributed by atoms with Gasteiger partial charge in [0.1, 0.15) is 0 Å². The van der Waals surface area contributed by atoms with Crippen LogP contribution in [0, 0.1) is 0 Å². The number of aliphatic hydroxyl groups is 1. The molecule has 2 aromatic rings. The maximum atomic E-state index is 12.0. The molecule has 4 nitrogen and oxygen atoms in total. The fourth-order valence-electron chi connectivity index (χ4n) is 2.23. The van der Waals surface area contributed by atoms with Gasteiger partial charge in [-0.25, -0.2) is 8.42 Å². The number of nitrogens with zero attached hydrogens (tertiary/aromatic N) is 1. The molecule has 0 radical (unpaired) electrons. The molecule has 24 heavy (non-hydrogen) atoms. The highest BCUT2D eigenvalue weighted by Gasteiger charge is 2.13. The van der Waals surface area contributed by atoms with Gasteiger partial charge >= 0.3 is 0 Å². The number of hydrogen-bond acceptors (Lipinski definition) is 4. The summed E-state index contributed by atoms with van der Waals surface area (Å²) in [7, 11) is 0.694. The fourth-order valence-corrected chi connectivity index (χ4v) is 3.53. The van der Waals surface area contributed by atoms with Crippen molar-refractivity contribution in [2.45, 2.75) is 11.3 Å². The van der Waals surface area contributed by atoms with Gasteiger partial charge in [0.05, 0.1) is 10.6 Å². The van der Waals surface area contributed by atoms with Gasteiger partial charge in [0, 0.05) is 26.4 Å².